The zero-order valence-corrected chi connectivity index (χ0v) is 24.2. The Bertz CT molecular complexity index is 625. The van der Waals surface area contributed by atoms with Gasteiger partial charge in [0.15, 0.2) is 0 Å². The monoisotopic (exact) mass is 532 g/mol. The van der Waals surface area contributed by atoms with Crippen molar-refractivity contribution in [1.82, 2.24) is 10.0 Å². The van der Waals surface area contributed by atoms with Crippen LogP contribution in [0.1, 0.15) is 142 Å². The van der Waals surface area contributed by atoms with E-state index in [0.29, 0.717) is 38.8 Å². The van der Waals surface area contributed by atoms with Crippen LogP contribution in [0, 0.1) is 0 Å². The summed E-state index contributed by atoms with van der Waals surface area (Å²) in [5.74, 6) is -0.501. The molecule has 214 valence electrons. The predicted molar refractivity (Wildman–Crippen MR) is 149 cm³/mol. The topological polar surface area (TPSA) is 102 Å². The molecule has 0 saturated carbocycles. The van der Waals surface area contributed by atoms with Gasteiger partial charge in [-0.25, -0.2) is 8.42 Å². The van der Waals surface area contributed by atoms with Gasteiger partial charge in [-0.15, -0.1) is 0 Å². The van der Waals surface area contributed by atoms with Crippen LogP contribution in [-0.4, -0.2) is 46.2 Å². The van der Waals surface area contributed by atoms with Gasteiger partial charge < -0.3 is 10.1 Å². The number of methoxy groups -OCH3 is 1. The summed E-state index contributed by atoms with van der Waals surface area (Å²) in [6, 6.07) is 0. The first-order valence-corrected chi connectivity index (χ1v) is 16.4. The first kappa shape index (κ1) is 34.9. The van der Waals surface area contributed by atoms with E-state index in [0.717, 1.165) is 25.7 Å². The molecule has 2 amide bonds. The average molecular weight is 533 g/mol. The molecular formula is C28H56N2O5S. The van der Waals surface area contributed by atoms with E-state index >= 15 is 0 Å². The molecule has 0 heterocycles. The van der Waals surface area contributed by atoms with E-state index in [1.165, 1.54) is 77.0 Å². The fraction of sp³-hybridized carbons (Fsp3) is 0.929. The fourth-order valence-electron chi connectivity index (χ4n) is 4.22. The van der Waals surface area contributed by atoms with Crippen molar-refractivity contribution in [2.75, 3.05) is 26.0 Å². The predicted octanol–water partition coefficient (Wildman–Crippen LogP) is 6.41. The van der Waals surface area contributed by atoms with Gasteiger partial charge in [-0.3, -0.25) is 14.3 Å². The Morgan fingerprint density at radius 3 is 1.56 bits per heavy atom. The number of rotatable bonds is 27. The minimum Gasteiger partial charge on any atom is -0.385 e. The second kappa shape index (κ2) is 25.5. The highest BCUT2D eigenvalue weighted by molar-refractivity contribution is 7.90. The van der Waals surface area contributed by atoms with Crippen LogP contribution in [0.3, 0.4) is 0 Å². The number of nitrogens with one attached hydrogen (secondary N) is 2. The Labute approximate surface area is 222 Å². The molecule has 36 heavy (non-hydrogen) atoms. The van der Waals surface area contributed by atoms with Gasteiger partial charge in [-0.2, -0.15) is 0 Å². The number of ether oxygens (including phenoxy) is 1. The summed E-state index contributed by atoms with van der Waals surface area (Å²) in [6.07, 6.45) is 22.0. The van der Waals surface area contributed by atoms with Crippen LogP contribution in [-0.2, 0) is 24.3 Å². The summed E-state index contributed by atoms with van der Waals surface area (Å²) < 4.78 is 31.3. The third kappa shape index (κ3) is 25.9. The van der Waals surface area contributed by atoms with E-state index < -0.39 is 15.9 Å². The summed E-state index contributed by atoms with van der Waals surface area (Å²) in [6.45, 7) is 3.46. The molecule has 0 unspecified atom stereocenters. The standard InChI is InChI=1S/C28H56N2O5S/c1-3-4-5-6-7-8-9-10-11-12-13-14-15-16-18-23-28(32)30-36(33,34)26-20-17-19-22-27(31)29-24-21-25-35-2/h3-26H2,1-2H3,(H,29,31)(H,30,32). The molecular weight excluding hydrogens is 476 g/mol. The van der Waals surface area contributed by atoms with Gasteiger partial charge in [-0.1, -0.05) is 103 Å². The highest BCUT2D eigenvalue weighted by Gasteiger charge is 2.14. The van der Waals surface area contributed by atoms with Crippen LogP contribution in [0.4, 0.5) is 0 Å². The van der Waals surface area contributed by atoms with Gasteiger partial charge in [0.1, 0.15) is 0 Å². The van der Waals surface area contributed by atoms with Crippen LogP contribution < -0.4 is 10.0 Å². The second-order valence-electron chi connectivity index (χ2n) is 10.1. The Morgan fingerprint density at radius 2 is 1.06 bits per heavy atom. The van der Waals surface area contributed by atoms with Crippen molar-refractivity contribution in [3.05, 3.63) is 0 Å². The molecule has 8 heteroatoms. The molecule has 0 saturated heterocycles. The Balaban J connectivity index is 3.52. The summed E-state index contributed by atoms with van der Waals surface area (Å²) >= 11 is 0. The molecule has 0 bridgehead atoms. The van der Waals surface area contributed by atoms with Crippen molar-refractivity contribution >= 4 is 21.8 Å². The molecule has 0 aromatic heterocycles. The van der Waals surface area contributed by atoms with Crippen LogP contribution in [0.15, 0.2) is 0 Å². The van der Waals surface area contributed by atoms with Gasteiger partial charge in [-0.05, 0) is 25.7 Å². The molecule has 0 radical (unpaired) electrons. The second-order valence-corrected chi connectivity index (χ2v) is 11.9. The maximum atomic E-state index is 12.1. The van der Waals surface area contributed by atoms with Gasteiger partial charge >= 0.3 is 0 Å². The Hall–Kier alpha value is -1.15. The van der Waals surface area contributed by atoms with E-state index in [-0.39, 0.29) is 18.1 Å². The molecule has 0 fully saturated rings. The number of hydrogen-bond donors (Lipinski definition) is 2. The lowest BCUT2D eigenvalue weighted by molar-refractivity contribution is -0.121. The average Bonchev–Trinajstić information content (AvgIpc) is 2.83. The first-order valence-electron chi connectivity index (χ1n) is 14.7. The van der Waals surface area contributed by atoms with E-state index in [9.17, 15) is 18.0 Å². The van der Waals surface area contributed by atoms with Crippen LogP contribution >= 0.6 is 0 Å². The molecule has 0 aliphatic carbocycles. The number of sulfonamides is 1. The molecule has 0 aromatic carbocycles. The SMILES string of the molecule is CCCCCCCCCCCCCCCCCC(=O)NS(=O)(=O)CCCCCC(=O)NCCCOC. The van der Waals surface area contributed by atoms with Crippen molar-refractivity contribution < 1.29 is 22.7 Å². The largest absolute Gasteiger partial charge is 0.385 e. The minimum atomic E-state index is -3.59. The third-order valence-corrected chi connectivity index (χ3v) is 7.81. The summed E-state index contributed by atoms with van der Waals surface area (Å²) in [7, 11) is -1.96. The molecule has 0 atom stereocenters. The smallest absolute Gasteiger partial charge is 0.234 e. The molecule has 2 N–H and O–H groups in total. The molecule has 0 spiro atoms. The van der Waals surface area contributed by atoms with E-state index in [2.05, 4.69) is 17.0 Å². The maximum absolute atomic E-state index is 12.1. The normalized spacial score (nSPS) is 11.5. The van der Waals surface area contributed by atoms with Gasteiger partial charge in [0, 0.05) is 33.1 Å². The molecule has 0 aromatic rings. The fourth-order valence-corrected chi connectivity index (χ4v) is 5.35. The van der Waals surface area contributed by atoms with Crippen LogP contribution in [0.5, 0.6) is 0 Å². The molecule has 7 nitrogen and oxygen atoms in total. The van der Waals surface area contributed by atoms with Crippen molar-refractivity contribution in [2.45, 2.75) is 142 Å². The maximum Gasteiger partial charge on any atom is 0.234 e. The van der Waals surface area contributed by atoms with E-state index in [1.807, 2.05) is 0 Å². The highest BCUT2D eigenvalue weighted by atomic mass is 32.2. The Morgan fingerprint density at radius 1 is 0.611 bits per heavy atom. The third-order valence-electron chi connectivity index (χ3n) is 6.44. The molecule has 0 aliphatic heterocycles. The summed E-state index contributed by atoms with van der Waals surface area (Å²) in [5, 5.41) is 2.81. The lowest BCUT2D eigenvalue weighted by Crippen LogP contribution is -2.32. The van der Waals surface area contributed by atoms with E-state index in [1.54, 1.807) is 7.11 Å². The summed E-state index contributed by atoms with van der Waals surface area (Å²) in [4.78, 5) is 23.6. The number of amides is 2. The van der Waals surface area contributed by atoms with Crippen molar-refractivity contribution in [1.29, 1.82) is 0 Å². The summed E-state index contributed by atoms with van der Waals surface area (Å²) in [5.41, 5.74) is 0. The highest BCUT2D eigenvalue weighted by Crippen LogP contribution is 2.13. The first-order chi connectivity index (χ1) is 17.4. The van der Waals surface area contributed by atoms with Crippen molar-refractivity contribution in [3.8, 4) is 0 Å². The number of carbonyl (C=O) groups is 2. The lowest BCUT2D eigenvalue weighted by atomic mass is 10.0. The number of unbranched alkanes of at least 4 members (excludes halogenated alkanes) is 16. The number of carbonyl (C=O) groups excluding carboxylic acids is 2. The lowest BCUT2D eigenvalue weighted by Gasteiger charge is -2.07. The van der Waals surface area contributed by atoms with Gasteiger partial charge in [0.2, 0.25) is 21.8 Å². The van der Waals surface area contributed by atoms with Gasteiger partial charge in [0.05, 0.1) is 5.75 Å². The van der Waals surface area contributed by atoms with E-state index in [4.69, 9.17) is 4.74 Å². The quantitative estimate of drug-likeness (QED) is 0.119. The zero-order chi connectivity index (χ0) is 26.7. The van der Waals surface area contributed by atoms with Crippen LogP contribution in [0.2, 0.25) is 0 Å². The number of hydrogen-bond acceptors (Lipinski definition) is 5. The zero-order valence-electron chi connectivity index (χ0n) is 23.4. The van der Waals surface area contributed by atoms with Gasteiger partial charge in [0.25, 0.3) is 0 Å². The minimum absolute atomic E-state index is 0.0224. The molecule has 0 rings (SSSR count). The molecule has 0 aliphatic rings. The van der Waals surface area contributed by atoms with Crippen molar-refractivity contribution in [3.63, 3.8) is 0 Å². The van der Waals surface area contributed by atoms with Crippen LogP contribution in [0.25, 0.3) is 0 Å². The van der Waals surface area contributed by atoms with Crippen molar-refractivity contribution in [2.24, 2.45) is 0 Å². The Kier molecular flexibility index (Phi) is 24.7.